The summed E-state index contributed by atoms with van der Waals surface area (Å²) < 4.78 is 1.95. The molecule has 0 N–H and O–H groups in total. The Bertz CT molecular complexity index is 362. The number of Topliss-reactive ketones (excluding diaryl/α,β-unsaturated/α-hetero) is 1. The maximum Gasteiger partial charge on any atom is 0.178 e. The number of imidazole rings is 1. The Labute approximate surface area is 91.5 Å². The zero-order valence-electron chi connectivity index (χ0n) is 10.3. The van der Waals surface area contributed by atoms with E-state index in [4.69, 9.17) is 0 Å². The van der Waals surface area contributed by atoms with Crippen molar-refractivity contribution in [1.82, 2.24) is 9.55 Å². The van der Waals surface area contributed by atoms with E-state index in [0.29, 0.717) is 5.92 Å². The molecule has 0 aromatic carbocycles. The molecule has 2 rings (SSSR count). The Balaban J connectivity index is 0.000000531. The van der Waals surface area contributed by atoms with Crippen LogP contribution in [-0.2, 0) is 7.05 Å². The molecule has 0 amide bonds. The Kier molecular flexibility index (Phi) is 3.66. The van der Waals surface area contributed by atoms with E-state index < -0.39 is 0 Å². The molecule has 3 nitrogen and oxygen atoms in total. The van der Waals surface area contributed by atoms with Crippen LogP contribution < -0.4 is 0 Å². The van der Waals surface area contributed by atoms with Gasteiger partial charge in [-0.25, -0.2) is 4.98 Å². The van der Waals surface area contributed by atoms with Crippen molar-refractivity contribution >= 4 is 5.78 Å². The minimum absolute atomic E-state index is 0.111. The highest BCUT2D eigenvalue weighted by molar-refractivity contribution is 5.93. The van der Waals surface area contributed by atoms with Crippen molar-refractivity contribution in [1.29, 1.82) is 0 Å². The van der Waals surface area contributed by atoms with Crippen LogP contribution in [0.3, 0.4) is 0 Å². The smallest absolute Gasteiger partial charge is 0.178 e. The second kappa shape index (κ2) is 4.60. The lowest BCUT2D eigenvalue weighted by Crippen LogP contribution is -2.05. The van der Waals surface area contributed by atoms with Gasteiger partial charge in [0.2, 0.25) is 0 Å². The molecule has 1 aromatic rings. The van der Waals surface area contributed by atoms with Crippen LogP contribution in [0, 0.1) is 6.92 Å². The van der Waals surface area contributed by atoms with E-state index in [1.165, 1.54) is 12.8 Å². The summed E-state index contributed by atoms with van der Waals surface area (Å²) in [4.78, 5) is 15.7. The summed E-state index contributed by atoms with van der Waals surface area (Å²) in [6, 6.07) is 0. The molecule has 1 saturated carbocycles. The first-order valence-corrected chi connectivity index (χ1v) is 5.65. The normalized spacial score (nSPS) is 14.5. The van der Waals surface area contributed by atoms with Gasteiger partial charge in [-0.05, 0) is 19.8 Å². The van der Waals surface area contributed by atoms with E-state index in [0.717, 1.165) is 17.2 Å². The summed E-state index contributed by atoms with van der Waals surface area (Å²) in [7, 11) is 1.93. The number of rotatable bonds is 2. The van der Waals surface area contributed by atoms with Gasteiger partial charge in [0.1, 0.15) is 11.5 Å². The van der Waals surface area contributed by atoms with Crippen LogP contribution in [0.4, 0.5) is 0 Å². The summed E-state index contributed by atoms with van der Waals surface area (Å²) in [5.41, 5.74) is 1.64. The number of aromatic nitrogens is 2. The van der Waals surface area contributed by atoms with Crippen LogP contribution >= 0.6 is 0 Å². The highest BCUT2D eigenvalue weighted by Crippen LogP contribution is 2.39. The van der Waals surface area contributed by atoms with Crippen molar-refractivity contribution < 1.29 is 4.79 Å². The molecule has 1 fully saturated rings. The van der Waals surface area contributed by atoms with E-state index in [2.05, 4.69) is 4.98 Å². The molecule has 84 valence electrons. The molecule has 1 aromatic heterocycles. The van der Waals surface area contributed by atoms with Gasteiger partial charge in [0.05, 0.1) is 5.69 Å². The minimum atomic E-state index is 0.111. The third-order valence-electron chi connectivity index (χ3n) is 2.58. The quantitative estimate of drug-likeness (QED) is 0.700. The maximum atomic E-state index is 11.3. The highest BCUT2D eigenvalue weighted by Gasteiger charge is 2.29. The first-order valence-electron chi connectivity index (χ1n) is 5.65. The topological polar surface area (TPSA) is 34.9 Å². The number of hydrogen-bond donors (Lipinski definition) is 0. The maximum absolute atomic E-state index is 11.3. The number of carbonyl (C=O) groups is 1. The van der Waals surface area contributed by atoms with Crippen molar-refractivity contribution in [2.24, 2.45) is 7.05 Å². The average Bonchev–Trinajstić information content (AvgIpc) is 2.96. The summed E-state index contributed by atoms with van der Waals surface area (Å²) in [6.07, 6.45) is 2.45. The molecule has 1 aliphatic rings. The van der Waals surface area contributed by atoms with E-state index in [1.54, 1.807) is 6.92 Å². The van der Waals surface area contributed by atoms with E-state index in [9.17, 15) is 4.79 Å². The van der Waals surface area contributed by atoms with Gasteiger partial charge < -0.3 is 4.57 Å². The predicted molar refractivity (Wildman–Crippen MR) is 61.3 cm³/mol. The van der Waals surface area contributed by atoms with Crippen LogP contribution in [0.5, 0.6) is 0 Å². The lowest BCUT2D eigenvalue weighted by Gasteiger charge is -2.01. The van der Waals surface area contributed by atoms with Gasteiger partial charge in [0.25, 0.3) is 0 Å². The van der Waals surface area contributed by atoms with Gasteiger partial charge in [-0.1, -0.05) is 13.8 Å². The highest BCUT2D eigenvalue weighted by atomic mass is 16.1. The van der Waals surface area contributed by atoms with Crippen LogP contribution in [0.15, 0.2) is 0 Å². The zero-order valence-corrected chi connectivity index (χ0v) is 10.3. The first-order chi connectivity index (χ1) is 7.11. The summed E-state index contributed by atoms with van der Waals surface area (Å²) in [5.74, 6) is 1.80. The average molecular weight is 208 g/mol. The van der Waals surface area contributed by atoms with E-state index >= 15 is 0 Å². The van der Waals surface area contributed by atoms with Crippen LogP contribution in [0.25, 0.3) is 0 Å². The second-order valence-electron chi connectivity index (χ2n) is 3.79. The van der Waals surface area contributed by atoms with E-state index in [1.807, 2.05) is 32.4 Å². The van der Waals surface area contributed by atoms with Gasteiger partial charge in [0.15, 0.2) is 5.78 Å². The molecule has 0 aliphatic heterocycles. The van der Waals surface area contributed by atoms with Gasteiger partial charge in [-0.15, -0.1) is 0 Å². The van der Waals surface area contributed by atoms with Crippen molar-refractivity contribution in [3.8, 4) is 0 Å². The molecule has 0 radical (unpaired) electrons. The summed E-state index contributed by atoms with van der Waals surface area (Å²) in [5, 5.41) is 0. The lowest BCUT2D eigenvalue weighted by atomic mass is 10.2. The zero-order chi connectivity index (χ0) is 11.6. The Hall–Kier alpha value is -1.12. The van der Waals surface area contributed by atoms with Crippen molar-refractivity contribution in [3.05, 3.63) is 17.2 Å². The predicted octanol–water partition coefficient (Wildman–Crippen LogP) is 2.83. The Morgan fingerprint density at radius 3 is 2.27 bits per heavy atom. The van der Waals surface area contributed by atoms with E-state index in [-0.39, 0.29) is 5.78 Å². The Morgan fingerprint density at radius 2 is 1.93 bits per heavy atom. The minimum Gasteiger partial charge on any atom is -0.328 e. The fourth-order valence-electron chi connectivity index (χ4n) is 1.85. The molecular formula is C12H20N2O. The Morgan fingerprint density at radius 1 is 1.40 bits per heavy atom. The summed E-state index contributed by atoms with van der Waals surface area (Å²) in [6.45, 7) is 7.50. The monoisotopic (exact) mass is 208 g/mol. The molecule has 3 heteroatoms. The van der Waals surface area contributed by atoms with Gasteiger partial charge in [-0.2, -0.15) is 0 Å². The molecule has 0 atom stereocenters. The first kappa shape index (κ1) is 12.0. The standard InChI is InChI=1S/C10H14N2O.C2H6/c1-6-9(7(2)13)12(3)10(11-6)8-4-5-8;1-2/h8H,4-5H2,1-3H3;1-2H3. The fraction of sp³-hybridized carbons (Fsp3) is 0.667. The van der Waals surface area contributed by atoms with Crippen LogP contribution in [0.2, 0.25) is 0 Å². The van der Waals surface area contributed by atoms with Gasteiger partial charge in [-0.3, -0.25) is 4.79 Å². The number of aryl methyl sites for hydroxylation is 1. The van der Waals surface area contributed by atoms with Gasteiger partial charge >= 0.3 is 0 Å². The number of nitrogens with zero attached hydrogens (tertiary/aromatic N) is 2. The molecule has 0 bridgehead atoms. The molecular weight excluding hydrogens is 188 g/mol. The third-order valence-corrected chi connectivity index (χ3v) is 2.58. The number of ketones is 1. The molecule has 0 saturated heterocycles. The van der Waals surface area contributed by atoms with Gasteiger partial charge in [0, 0.05) is 19.9 Å². The second-order valence-corrected chi connectivity index (χ2v) is 3.79. The molecule has 1 aliphatic carbocycles. The van der Waals surface area contributed by atoms with Crippen LogP contribution in [0.1, 0.15) is 61.5 Å². The fourth-order valence-corrected chi connectivity index (χ4v) is 1.85. The number of carbonyl (C=O) groups excluding carboxylic acids is 1. The lowest BCUT2D eigenvalue weighted by molar-refractivity contribution is 0.100. The van der Waals surface area contributed by atoms with Crippen molar-refractivity contribution in [2.45, 2.75) is 46.5 Å². The SMILES string of the molecule is CC.CC(=O)c1c(C)nc(C2CC2)n1C. The van der Waals surface area contributed by atoms with Crippen molar-refractivity contribution in [2.75, 3.05) is 0 Å². The third kappa shape index (κ3) is 2.28. The summed E-state index contributed by atoms with van der Waals surface area (Å²) >= 11 is 0. The number of hydrogen-bond acceptors (Lipinski definition) is 2. The van der Waals surface area contributed by atoms with Crippen molar-refractivity contribution in [3.63, 3.8) is 0 Å². The molecule has 0 unspecified atom stereocenters. The van der Waals surface area contributed by atoms with Crippen LogP contribution in [-0.4, -0.2) is 15.3 Å². The largest absolute Gasteiger partial charge is 0.328 e. The molecule has 15 heavy (non-hydrogen) atoms. The molecule has 0 spiro atoms. The molecule has 1 heterocycles.